The zero-order valence-corrected chi connectivity index (χ0v) is 12.0. The number of rotatable bonds is 4. The molecule has 2 rings (SSSR count). The van der Waals surface area contributed by atoms with Crippen LogP contribution in [0.25, 0.3) is 0 Å². The highest BCUT2D eigenvalue weighted by atomic mass is 32.1. The predicted molar refractivity (Wildman–Crippen MR) is 80.7 cm³/mol. The van der Waals surface area contributed by atoms with Crippen LogP contribution in [0, 0.1) is 17.7 Å². The molecule has 0 saturated heterocycles. The lowest BCUT2D eigenvalue weighted by atomic mass is 10.1. The fourth-order valence-corrected chi connectivity index (χ4v) is 2.48. The average Bonchev–Trinajstić information content (AvgIpc) is 2.99. The quantitative estimate of drug-likeness (QED) is 0.851. The van der Waals surface area contributed by atoms with Gasteiger partial charge in [0.15, 0.2) is 0 Å². The second-order valence-electron chi connectivity index (χ2n) is 4.24. The summed E-state index contributed by atoms with van der Waals surface area (Å²) in [5.74, 6) is 4.07. The summed E-state index contributed by atoms with van der Waals surface area (Å²) in [6.45, 7) is 0.172. The van der Waals surface area contributed by atoms with Crippen LogP contribution in [0.15, 0.2) is 35.7 Å². The molecule has 1 aromatic heterocycles. The van der Waals surface area contributed by atoms with Gasteiger partial charge in [-0.1, -0.05) is 17.9 Å². The Balaban J connectivity index is 2.00. The number of benzene rings is 1. The number of hydrogen-bond donors (Lipinski definition) is 2. The van der Waals surface area contributed by atoms with Crippen molar-refractivity contribution in [1.29, 1.82) is 0 Å². The van der Waals surface area contributed by atoms with E-state index in [1.807, 2.05) is 17.5 Å². The number of thiophene rings is 1. The third-order valence-electron chi connectivity index (χ3n) is 2.76. The Labute approximate surface area is 126 Å². The highest BCUT2D eigenvalue weighted by molar-refractivity contribution is 7.09. The van der Waals surface area contributed by atoms with E-state index in [1.54, 1.807) is 11.3 Å². The van der Waals surface area contributed by atoms with Crippen molar-refractivity contribution in [3.63, 3.8) is 0 Å². The van der Waals surface area contributed by atoms with E-state index in [0.29, 0.717) is 12.1 Å². The molecule has 3 nitrogen and oxygen atoms in total. The van der Waals surface area contributed by atoms with Gasteiger partial charge in [-0.15, -0.1) is 11.3 Å². The van der Waals surface area contributed by atoms with Gasteiger partial charge in [-0.25, -0.2) is 4.39 Å². The van der Waals surface area contributed by atoms with E-state index in [9.17, 15) is 9.18 Å². The number of halogens is 1. The molecular weight excluding hydrogens is 289 g/mol. The summed E-state index contributed by atoms with van der Waals surface area (Å²) in [5, 5.41) is 13.3. The molecule has 0 fully saturated rings. The van der Waals surface area contributed by atoms with Crippen LogP contribution < -0.4 is 5.32 Å². The number of carbonyl (C=O) groups excluding carboxylic acids is 1. The molecule has 0 unspecified atom stereocenters. The third kappa shape index (κ3) is 4.42. The average molecular weight is 303 g/mol. The van der Waals surface area contributed by atoms with Crippen LogP contribution in [0.4, 0.5) is 4.39 Å². The molecule has 108 valence electrons. The smallest absolute Gasteiger partial charge is 0.254 e. The number of amides is 1. The van der Waals surface area contributed by atoms with Crippen LogP contribution in [0.5, 0.6) is 0 Å². The summed E-state index contributed by atoms with van der Waals surface area (Å²) in [6.07, 6.45) is 0.717. The highest BCUT2D eigenvalue weighted by Crippen LogP contribution is 2.11. The monoisotopic (exact) mass is 303 g/mol. The van der Waals surface area contributed by atoms with Gasteiger partial charge >= 0.3 is 0 Å². The first-order chi connectivity index (χ1) is 10.2. The van der Waals surface area contributed by atoms with Crippen LogP contribution in [0.2, 0.25) is 0 Å². The van der Waals surface area contributed by atoms with Gasteiger partial charge in [0.1, 0.15) is 12.4 Å². The molecular formula is C16H14FNO2S. The summed E-state index contributed by atoms with van der Waals surface area (Å²) >= 11 is 1.62. The molecule has 1 amide bonds. The third-order valence-corrected chi connectivity index (χ3v) is 3.70. The summed E-state index contributed by atoms with van der Waals surface area (Å²) in [6, 6.07) is 8.00. The van der Waals surface area contributed by atoms with Crippen LogP contribution in [-0.2, 0) is 6.42 Å². The lowest BCUT2D eigenvalue weighted by Crippen LogP contribution is -2.26. The van der Waals surface area contributed by atoms with E-state index >= 15 is 0 Å². The van der Waals surface area contributed by atoms with Gasteiger partial charge in [-0.05, 0) is 36.1 Å². The Hall–Kier alpha value is -2.16. The van der Waals surface area contributed by atoms with Crippen LogP contribution in [0.3, 0.4) is 0 Å². The van der Waals surface area contributed by atoms with Crippen LogP contribution in [-0.4, -0.2) is 24.2 Å². The van der Waals surface area contributed by atoms with E-state index in [0.717, 1.165) is 6.42 Å². The molecule has 0 aliphatic rings. The van der Waals surface area contributed by atoms with Gasteiger partial charge < -0.3 is 10.4 Å². The fraction of sp³-hybridized carbons (Fsp3) is 0.188. The summed E-state index contributed by atoms with van der Waals surface area (Å²) in [7, 11) is 0. The van der Waals surface area contributed by atoms with Crippen molar-refractivity contribution in [2.24, 2.45) is 0 Å². The maximum atomic E-state index is 13.7. The molecule has 0 saturated carbocycles. The topological polar surface area (TPSA) is 49.3 Å². The molecule has 5 heteroatoms. The molecule has 1 heterocycles. The standard InChI is InChI=1S/C16H14FNO2S/c17-15-6-5-12(3-1-9-19)11-14(15)16(20)18-8-7-13-4-2-10-21-13/h2,4-6,10-11,19H,7-9H2,(H,18,20). The number of hydrogen-bond acceptors (Lipinski definition) is 3. The Morgan fingerprint density at radius 3 is 2.95 bits per heavy atom. The van der Waals surface area contributed by atoms with E-state index in [1.165, 1.54) is 23.1 Å². The molecule has 21 heavy (non-hydrogen) atoms. The van der Waals surface area contributed by atoms with Crippen molar-refractivity contribution < 1.29 is 14.3 Å². The fourth-order valence-electron chi connectivity index (χ4n) is 1.77. The van der Waals surface area contributed by atoms with Crippen molar-refractivity contribution in [1.82, 2.24) is 5.32 Å². The zero-order chi connectivity index (χ0) is 15.1. The van der Waals surface area contributed by atoms with Gasteiger partial charge in [0.2, 0.25) is 0 Å². The molecule has 0 radical (unpaired) electrons. The molecule has 2 aromatic rings. The van der Waals surface area contributed by atoms with Crippen molar-refractivity contribution >= 4 is 17.2 Å². The normalized spacial score (nSPS) is 9.81. The first kappa shape index (κ1) is 15.2. The minimum absolute atomic E-state index is 0.0362. The molecule has 2 N–H and O–H groups in total. The Morgan fingerprint density at radius 1 is 1.38 bits per heavy atom. The lowest BCUT2D eigenvalue weighted by molar-refractivity contribution is 0.0950. The van der Waals surface area contributed by atoms with Crippen LogP contribution >= 0.6 is 11.3 Å². The minimum Gasteiger partial charge on any atom is -0.384 e. The number of aliphatic hydroxyl groups is 1. The first-order valence-corrected chi connectivity index (χ1v) is 7.28. The van der Waals surface area contributed by atoms with Gasteiger partial charge in [0, 0.05) is 17.0 Å². The summed E-state index contributed by atoms with van der Waals surface area (Å²) in [5.41, 5.74) is 0.458. The minimum atomic E-state index is -0.585. The van der Waals surface area contributed by atoms with Crippen molar-refractivity contribution in [3.05, 3.63) is 57.5 Å². The van der Waals surface area contributed by atoms with Gasteiger partial charge in [0.25, 0.3) is 5.91 Å². The molecule has 0 atom stereocenters. The second-order valence-corrected chi connectivity index (χ2v) is 5.27. The van der Waals surface area contributed by atoms with Crippen LogP contribution in [0.1, 0.15) is 20.8 Å². The SMILES string of the molecule is O=C(NCCc1cccs1)c1cc(C#CCO)ccc1F. The van der Waals surface area contributed by atoms with Crippen molar-refractivity contribution in [3.8, 4) is 11.8 Å². The maximum absolute atomic E-state index is 13.7. The highest BCUT2D eigenvalue weighted by Gasteiger charge is 2.11. The maximum Gasteiger partial charge on any atom is 0.254 e. The van der Waals surface area contributed by atoms with E-state index in [-0.39, 0.29) is 12.2 Å². The first-order valence-electron chi connectivity index (χ1n) is 6.40. The Bertz CT molecular complexity index is 671. The van der Waals surface area contributed by atoms with Crippen molar-refractivity contribution in [2.45, 2.75) is 6.42 Å². The molecule has 0 aliphatic heterocycles. The lowest BCUT2D eigenvalue weighted by Gasteiger charge is -2.06. The Morgan fingerprint density at radius 2 is 2.24 bits per heavy atom. The van der Waals surface area contributed by atoms with Crippen molar-refractivity contribution in [2.75, 3.05) is 13.2 Å². The number of carbonyl (C=O) groups is 1. The molecule has 1 aromatic carbocycles. The van der Waals surface area contributed by atoms with E-state index in [4.69, 9.17) is 5.11 Å². The largest absolute Gasteiger partial charge is 0.384 e. The summed E-state index contributed by atoms with van der Waals surface area (Å²) < 4.78 is 13.7. The molecule has 0 spiro atoms. The summed E-state index contributed by atoms with van der Waals surface area (Å²) in [4.78, 5) is 13.1. The zero-order valence-electron chi connectivity index (χ0n) is 11.2. The molecule has 0 bridgehead atoms. The van der Waals surface area contributed by atoms with Gasteiger partial charge in [-0.3, -0.25) is 4.79 Å². The number of aliphatic hydroxyl groups excluding tert-OH is 1. The van der Waals surface area contributed by atoms with Gasteiger partial charge in [-0.2, -0.15) is 0 Å². The van der Waals surface area contributed by atoms with E-state index in [2.05, 4.69) is 17.2 Å². The van der Waals surface area contributed by atoms with E-state index < -0.39 is 11.7 Å². The van der Waals surface area contributed by atoms with Gasteiger partial charge in [0.05, 0.1) is 5.56 Å². The second kappa shape index (κ2) is 7.58. The number of nitrogens with one attached hydrogen (secondary N) is 1. The molecule has 0 aliphatic carbocycles. The Kier molecular flexibility index (Phi) is 5.50. The predicted octanol–water partition coefficient (Wildman–Crippen LogP) is 2.20.